The molecule has 0 saturated heterocycles. The Morgan fingerprint density at radius 3 is 2.37 bits per heavy atom. The number of rotatable bonds is 10. The molecule has 2 aromatic carbocycles. The number of nitrogens with zero attached hydrogens (tertiary/aromatic N) is 3. The summed E-state index contributed by atoms with van der Waals surface area (Å²) < 4.78 is 5.35. The highest BCUT2D eigenvalue weighted by atomic mass is 32.2. The van der Waals surface area contributed by atoms with Crippen LogP contribution in [-0.2, 0) is 4.79 Å². The number of aromatic nitrogens is 2. The largest absolute Gasteiger partial charge is 0.497 e. The van der Waals surface area contributed by atoms with Crippen molar-refractivity contribution in [3.63, 3.8) is 0 Å². The molecule has 2 N–H and O–H groups in total. The summed E-state index contributed by atoms with van der Waals surface area (Å²) in [6.07, 6.45) is 10.5. The van der Waals surface area contributed by atoms with E-state index in [-0.39, 0.29) is 16.7 Å². The number of ether oxygens (including phenoxy) is 1. The van der Waals surface area contributed by atoms with Crippen molar-refractivity contribution in [2.45, 2.75) is 93.2 Å². The van der Waals surface area contributed by atoms with Gasteiger partial charge in [-0.05, 0) is 75.3 Å². The third kappa shape index (κ3) is 7.45. The molecule has 5 rings (SSSR count). The Labute approximate surface area is 249 Å². The molecule has 1 amide bonds. The van der Waals surface area contributed by atoms with Gasteiger partial charge in [0.15, 0.2) is 0 Å². The van der Waals surface area contributed by atoms with Crippen molar-refractivity contribution in [3.05, 3.63) is 54.1 Å². The molecule has 1 aromatic heterocycles. The van der Waals surface area contributed by atoms with E-state index in [0.29, 0.717) is 23.7 Å². The predicted octanol–water partition coefficient (Wildman–Crippen LogP) is 7.13. The SMILES string of the molecule is COc1ccc(C(C)SC2(CC(=O)NC3CCC(Nc4nc(N(C)C)c5ccccc5n4)CC3)CCCCC2)cc1. The summed E-state index contributed by atoms with van der Waals surface area (Å²) in [5, 5.41) is 8.39. The molecule has 41 heavy (non-hydrogen) atoms. The second kappa shape index (κ2) is 13.3. The van der Waals surface area contributed by atoms with Gasteiger partial charge in [0.2, 0.25) is 11.9 Å². The average molecular weight is 576 g/mol. The first-order valence-electron chi connectivity index (χ1n) is 15.2. The normalized spacial score (nSPS) is 21.2. The summed E-state index contributed by atoms with van der Waals surface area (Å²) in [5.41, 5.74) is 2.24. The molecule has 7 nitrogen and oxygen atoms in total. The summed E-state index contributed by atoms with van der Waals surface area (Å²) in [6, 6.07) is 17.1. The van der Waals surface area contributed by atoms with Crippen LogP contribution in [0.15, 0.2) is 48.5 Å². The third-order valence-corrected chi connectivity index (χ3v) is 10.4. The highest BCUT2D eigenvalue weighted by molar-refractivity contribution is 8.00. The van der Waals surface area contributed by atoms with E-state index in [2.05, 4.69) is 35.8 Å². The van der Waals surface area contributed by atoms with E-state index in [1.54, 1.807) is 7.11 Å². The quantitative estimate of drug-likeness (QED) is 0.266. The summed E-state index contributed by atoms with van der Waals surface area (Å²) in [7, 11) is 5.73. The molecule has 0 bridgehead atoms. The number of carbonyl (C=O) groups excluding carboxylic acids is 1. The van der Waals surface area contributed by atoms with Crippen LogP contribution >= 0.6 is 11.8 Å². The van der Waals surface area contributed by atoms with Gasteiger partial charge in [-0.2, -0.15) is 4.98 Å². The summed E-state index contributed by atoms with van der Waals surface area (Å²) >= 11 is 2.00. The van der Waals surface area contributed by atoms with Crippen LogP contribution in [0, 0.1) is 0 Å². The van der Waals surface area contributed by atoms with Crippen molar-refractivity contribution in [3.8, 4) is 5.75 Å². The van der Waals surface area contributed by atoms with Gasteiger partial charge in [0, 0.05) is 48.0 Å². The van der Waals surface area contributed by atoms with E-state index in [9.17, 15) is 4.79 Å². The lowest BCUT2D eigenvalue weighted by Gasteiger charge is -2.39. The van der Waals surface area contributed by atoms with Crippen LogP contribution in [0.5, 0.6) is 5.75 Å². The van der Waals surface area contributed by atoms with Gasteiger partial charge >= 0.3 is 0 Å². The minimum atomic E-state index is 0.0119. The smallest absolute Gasteiger partial charge is 0.225 e. The molecule has 0 aliphatic heterocycles. The van der Waals surface area contributed by atoms with Crippen LogP contribution in [0.25, 0.3) is 10.9 Å². The van der Waals surface area contributed by atoms with Crippen molar-refractivity contribution in [1.29, 1.82) is 0 Å². The number of carbonyl (C=O) groups is 1. The first kappa shape index (κ1) is 29.5. The van der Waals surface area contributed by atoms with Crippen LogP contribution in [0.3, 0.4) is 0 Å². The van der Waals surface area contributed by atoms with E-state index < -0.39 is 0 Å². The molecule has 0 radical (unpaired) electrons. The Morgan fingerprint density at radius 1 is 1.00 bits per heavy atom. The lowest BCUT2D eigenvalue weighted by molar-refractivity contribution is -0.122. The third-order valence-electron chi connectivity index (χ3n) is 8.69. The Bertz CT molecular complexity index is 1300. The van der Waals surface area contributed by atoms with Crippen molar-refractivity contribution >= 4 is 40.3 Å². The van der Waals surface area contributed by atoms with Gasteiger partial charge in [0.25, 0.3) is 0 Å². The molecule has 1 heterocycles. The van der Waals surface area contributed by atoms with Gasteiger partial charge < -0.3 is 20.3 Å². The molecule has 1 atom stereocenters. The van der Waals surface area contributed by atoms with Crippen molar-refractivity contribution in [2.75, 3.05) is 31.4 Å². The Balaban J connectivity index is 1.15. The second-order valence-electron chi connectivity index (χ2n) is 12.0. The minimum Gasteiger partial charge on any atom is -0.497 e. The zero-order valence-corrected chi connectivity index (χ0v) is 25.8. The van der Waals surface area contributed by atoms with Crippen molar-refractivity contribution in [1.82, 2.24) is 15.3 Å². The fraction of sp³-hybridized carbons (Fsp3) is 0.545. The number of anilines is 2. The van der Waals surface area contributed by atoms with Gasteiger partial charge in [0.05, 0.1) is 12.6 Å². The highest BCUT2D eigenvalue weighted by Crippen LogP contribution is 2.49. The molecule has 3 aromatic rings. The predicted molar refractivity (Wildman–Crippen MR) is 171 cm³/mol. The minimum absolute atomic E-state index is 0.0119. The molecular weight excluding hydrogens is 530 g/mol. The van der Waals surface area contributed by atoms with E-state index in [0.717, 1.165) is 61.0 Å². The number of amides is 1. The summed E-state index contributed by atoms with van der Waals surface area (Å²) in [6.45, 7) is 2.27. The Hall–Kier alpha value is -3.00. The first-order chi connectivity index (χ1) is 19.8. The molecule has 0 spiro atoms. The maximum Gasteiger partial charge on any atom is 0.225 e. The Morgan fingerprint density at radius 2 is 1.68 bits per heavy atom. The van der Waals surface area contributed by atoms with Gasteiger partial charge in [-0.3, -0.25) is 4.79 Å². The highest BCUT2D eigenvalue weighted by Gasteiger charge is 2.37. The molecular formula is C33H45N5O2S. The number of methoxy groups -OCH3 is 1. The number of para-hydroxylation sites is 1. The van der Waals surface area contributed by atoms with Crippen LogP contribution in [0.1, 0.15) is 81.9 Å². The molecule has 1 unspecified atom stereocenters. The zero-order chi connectivity index (χ0) is 28.8. The van der Waals surface area contributed by atoms with Gasteiger partial charge in [0.1, 0.15) is 11.6 Å². The number of thioether (sulfide) groups is 1. The van der Waals surface area contributed by atoms with Gasteiger partial charge in [-0.1, -0.05) is 43.5 Å². The Kier molecular flexibility index (Phi) is 9.58. The lowest BCUT2D eigenvalue weighted by atomic mass is 9.85. The van der Waals surface area contributed by atoms with Crippen molar-refractivity contribution < 1.29 is 9.53 Å². The monoisotopic (exact) mass is 575 g/mol. The van der Waals surface area contributed by atoms with E-state index >= 15 is 0 Å². The topological polar surface area (TPSA) is 79.4 Å². The molecule has 2 saturated carbocycles. The summed E-state index contributed by atoms with van der Waals surface area (Å²) in [5.74, 6) is 2.70. The van der Waals surface area contributed by atoms with E-state index in [1.807, 2.05) is 61.1 Å². The number of hydrogen-bond acceptors (Lipinski definition) is 7. The lowest BCUT2D eigenvalue weighted by Crippen LogP contribution is -2.43. The fourth-order valence-corrected chi connectivity index (χ4v) is 8.23. The average Bonchev–Trinajstić information content (AvgIpc) is 2.98. The number of hydrogen-bond donors (Lipinski definition) is 2. The maximum atomic E-state index is 13.4. The van der Waals surface area contributed by atoms with Gasteiger partial charge in [-0.15, -0.1) is 11.8 Å². The number of benzene rings is 2. The maximum absolute atomic E-state index is 13.4. The molecule has 220 valence electrons. The standard InChI is InChI=1S/C33H45N5O2S/c1-23(24-12-18-27(40-4)19-13-24)41-33(20-8-5-9-21-33)22-30(39)34-25-14-16-26(17-15-25)35-32-36-29-11-7-6-10-28(29)31(37-32)38(2)3/h6-7,10-13,18-19,23,25-26H,5,8-9,14-17,20-22H2,1-4H3,(H,34,39)(H,35,36,37). The van der Waals surface area contributed by atoms with Crippen LogP contribution in [0.2, 0.25) is 0 Å². The molecule has 8 heteroatoms. The van der Waals surface area contributed by atoms with Crippen LogP contribution in [-0.4, -0.2) is 53.9 Å². The van der Waals surface area contributed by atoms with E-state index in [1.165, 1.54) is 24.8 Å². The molecule has 2 fully saturated rings. The first-order valence-corrected chi connectivity index (χ1v) is 16.0. The van der Waals surface area contributed by atoms with E-state index in [4.69, 9.17) is 14.7 Å². The zero-order valence-electron chi connectivity index (χ0n) is 25.0. The second-order valence-corrected chi connectivity index (χ2v) is 13.8. The van der Waals surface area contributed by atoms with Crippen molar-refractivity contribution in [2.24, 2.45) is 0 Å². The number of fused-ring (bicyclic) bond motifs is 1. The fourth-order valence-electron chi connectivity index (χ4n) is 6.45. The molecule has 2 aliphatic carbocycles. The van der Waals surface area contributed by atoms with Crippen LogP contribution < -0.4 is 20.3 Å². The van der Waals surface area contributed by atoms with Gasteiger partial charge in [-0.25, -0.2) is 4.98 Å². The molecule has 2 aliphatic rings. The summed E-state index contributed by atoms with van der Waals surface area (Å²) in [4.78, 5) is 25.0. The number of nitrogens with one attached hydrogen (secondary N) is 2. The van der Waals surface area contributed by atoms with Crippen LogP contribution in [0.4, 0.5) is 11.8 Å².